The molecule has 7 amide bonds. The van der Waals surface area contributed by atoms with Gasteiger partial charge in [0.15, 0.2) is 0 Å². The third-order valence-electron chi connectivity index (χ3n) is 12.5. The van der Waals surface area contributed by atoms with Crippen LogP contribution in [-0.4, -0.2) is 129 Å². The van der Waals surface area contributed by atoms with Crippen molar-refractivity contribution in [1.82, 2.24) is 36.4 Å². The van der Waals surface area contributed by atoms with Crippen molar-refractivity contribution in [1.29, 1.82) is 0 Å². The van der Waals surface area contributed by atoms with Crippen LogP contribution in [0.1, 0.15) is 107 Å². The van der Waals surface area contributed by atoms with Gasteiger partial charge in [-0.25, -0.2) is 4.79 Å². The largest absolute Gasteiger partial charge is 0.508 e. The van der Waals surface area contributed by atoms with Crippen LogP contribution < -0.4 is 32.3 Å². The number of cyclic esters (lactones) is 1. The van der Waals surface area contributed by atoms with Gasteiger partial charge < -0.3 is 57.1 Å². The van der Waals surface area contributed by atoms with Crippen LogP contribution in [0, 0.1) is 29.6 Å². The summed E-state index contributed by atoms with van der Waals surface area (Å²) in [5.74, 6) is -8.26. The smallest absolute Gasteiger partial charge is 0.329 e. The molecule has 3 rings (SSSR count). The minimum Gasteiger partial charge on any atom is -0.508 e. The average molecular weight is 927 g/mol. The molecule has 1 aromatic carbocycles. The molecule has 0 aliphatic carbocycles. The number of likely N-dealkylation sites (N-methyl/N-ethyl adjacent to an activating group) is 1. The third kappa shape index (κ3) is 14.7. The Morgan fingerprint density at radius 1 is 0.833 bits per heavy atom. The highest BCUT2D eigenvalue weighted by Gasteiger charge is 2.45. The second-order valence-corrected chi connectivity index (χ2v) is 18.6. The minimum atomic E-state index is -1.70. The van der Waals surface area contributed by atoms with Crippen LogP contribution in [-0.2, 0) is 49.5 Å². The summed E-state index contributed by atoms with van der Waals surface area (Å²) < 4.78 is 5.94. The van der Waals surface area contributed by atoms with Crippen molar-refractivity contribution in [2.45, 2.75) is 162 Å². The lowest BCUT2D eigenvalue weighted by atomic mass is 9.90. The first-order valence-electron chi connectivity index (χ1n) is 23.1. The van der Waals surface area contributed by atoms with Gasteiger partial charge in [-0.15, -0.1) is 0 Å². The molecule has 1 aromatic rings. The monoisotopic (exact) mass is 927 g/mol. The van der Waals surface area contributed by atoms with Crippen molar-refractivity contribution < 1.29 is 53.3 Å². The first-order chi connectivity index (χ1) is 30.9. The van der Waals surface area contributed by atoms with Crippen molar-refractivity contribution in [2.75, 3.05) is 7.05 Å². The lowest BCUT2D eigenvalue weighted by Crippen LogP contribution is -2.63. The quantitative estimate of drug-likeness (QED) is 0.0915. The summed E-state index contributed by atoms with van der Waals surface area (Å²) >= 11 is 0. The average Bonchev–Trinajstić information content (AvgIpc) is 3.25. The van der Waals surface area contributed by atoms with Crippen molar-refractivity contribution in [3.8, 4) is 5.75 Å². The van der Waals surface area contributed by atoms with E-state index in [-0.39, 0.29) is 37.4 Å². The highest BCUT2D eigenvalue weighted by atomic mass is 16.5. The number of nitrogens with one attached hydrogen (secondary N) is 5. The highest BCUT2D eigenvalue weighted by Crippen LogP contribution is 2.27. The fourth-order valence-corrected chi connectivity index (χ4v) is 7.76. The summed E-state index contributed by atoms with van der Waals surface area (Å²) in [7, 11) is 1.44. The first kappa shape index (κ1) is 54.8. The van der Waals surface area contributed by atoms with Gasteiger partial charge in [0.05, 0.1) is 0 Å². The number of aromatic hydroxyl groups is 1. The molecular formula is C47H74N8O11. The van der Waals surface area contributed by atoms with Crippen LogP contribution in [0.15, 0.2) is 36.5 Å². The fraction of sp³-hybridized carbons (Fsp3) is 0.660. The Morgan fingerprint density at radius 3 is 2.02 bits per heavy atom. The van der Waals surface area contributed by atoms with Crippen LogP contribution in [0.4, 0.5) is 0 Å². The highest BCUT2D eigenvalue weighted by molar-refractivity contribution is 5.99. The Labute approximate surface area is 388 Å². The summed E-state index contributed by atoms with van der Waals surface area (Å²) in [5.41, 5.74) is 6.15. The maximum atomic E-state index is 14.9. The van der Waals surface area contributed by atoms with E-state index < -0.39 is 126 Å². The number of rotatable bonds is 15. The van der Waals surface area contributed by atoms with Crippen molar-refractivity contribution >= 4 is 47.3 Å². The van der Waals surface area contributed by atoms with E-state index in [9.17, 15) is 48.6 Å². The van der Waals surface area contributed by atoms with E-state index in [1.54, 1.807) is 59.8 Å². The van der Waals surface area contributed by atoms with E-state index >= 15 is 0 Å². The SMILES string of the molecule is CCC(C)[C@@H]1NC(=O)[C@H](Cc2ccc(O)cc2)N(C)C(=O)[C@H](C(C)CC)N2C=C[C@@H](C)[C@H](NC(=O)[C@H](CC(C)C)NC(=O)[C@@H](NC(=O)[C@H](CCC(N)O)NC(=O)C(C)C)[C@@H](C)OC1=O)C2=O. The lowest BCUT2D eigenvalue weighted by Gasteiger charge is -2.41. The molecular weight excluding hydrogens is 853 g/mol. The molecule has 0 aromatic heterocycles. The number of aliphatic hydroxyl groups excluding tert-OH is 1. The second kappa shape index (κ2) is 24.8. The van der Waals surface area contributed by atoms with Gasteiger partial charge in [0.25, 0.3) is 0 Å². The number of nitrogens with zero attached hydrogens (tertiary/aromatic N) is 2. The molecule has 368 valence electrons. The van der Waals surface area contributed by atoms with Crippen LogP contribution in [0.25, 0.3) is 0 Å². The number of carbonyl (C=O) groups is 8. The molecule has 2 heterocycles. The van der Waals surface area contributed by atoms with E-state index in [1.807, 2.05) is 20.8 Å². The second-order valence-electron chi connectivity index (χ2n) is 18.6. The summed E-state index contributed by atoms with van der Waals surface area (Å²) in [6.07, 6.45) is 0.981. The summed E-state index contributed by atoms with van der Waals surface area (Å²) in [6.45, 7) is 17.1. The maximum absolute atomic E-state index is 14.9. The van der Waals surface area contributed by atoms with Crippen molar-refractivity contribution in [3.05, 3.63) is 42.1 Å². The first-order valence-corrected chi connectivity index (χ1v) is 23.1. The van der Waals surface area contributed by atoms with E-state index in [0.29, 0.717) is 18.4 Å². The van der Waals surface area contributed by atoms with Gasteiger partial charge in [-0.3, -0.25) is 33.6 Å². The predicted molar refractivity (Wildman–Crippen MR) is 245 cm³/mol. The van der Waals surface area contributed by atoms with Gasteiger partial charge >= 0.3 is 5.97 Å². The molecule has 19 heteroatoms. The number of benzene rings is 1. The number of fused-ring (bicyclic) bond motifs is 2. The molecule has 66 heavy (non-hydrogen) atoms. The summed E-state index contributed by atoms with van der Waals surface area (Å²) in [4.78, 5) is 117. The molecule has 1 fully saturated rings. The number of hydrogen-bond donors (Lipinski definition) is 8. The Morgan fingerprint density at radius 2 is 1.45 bits per heavy atom. The van der Waals surface area contributed by atoms with Crippen molar-refractivity contribution in [2.24, 2.45) is 35.3 Å². The summed E-state index contributed by atoms with van der Waals surface area (Å²) in [6, 6.07) is -3.16. The van der Waals surface area contributed by atoms with Gasteiger partial charge in [-0.1, -0.05) is 93.4 Å². The van der Waals surface area contributed by atoms with Crippen LogP contribution >= 0.6 is 0 Å². The topological polar surface area (TPSA) is 279 Å². The molecule has 3 unspecified atom stereocenters. The molecule has 2 bridgehead atoms. The Kier molecular flexibility index (Phi) is 20.6. The molecule has 0 radical (unpaired) electrons. The normalized spacial score (nSPS) is 26.8. The molecule has 19 nitrogen and oxygen atoms in total. The van der Waals surface area contributed by atoms with E-state index in [1.165, 1.54) is 42.1 Å². The maximum Gasteiger partial charge on any atom is 0.329 e. The molecule has 0 spiro atoms. The number of nitrogens with two attached hydrogens (primary N) is 1. The summed E-state index contributed by atoms with van der Waals surface area (Å²) in [5, 5.41) is 33.4. The molecule has 0 saturated carbocycles. The molecule has 9 N–H and O–H groups in total. The van der Waals surface area contributed by atoms with Gasteiger partial charge in [0, 0.05) is 31.5 Å². The number of hydrogen-bond acceptors (Lipinski definition) is 12. The number of carbonyl (C=O) groups excluding carboxylic acids is 8. The van der Waals surface area contributed by atoms with Crippen molar-refractivity contribution in [3.63, 3.8) is 0 Å². The molecule has 12 atom stereocenters. The molecule has 2 aliphatic rings. The Hall–Kier alpha value is -5.56. The lowest BCUT2D eigenvalue weighted by molar-refractivity contribution is -0.158. The van der Waals surface area contributed by atoms with E-state index in [0.717, 1.165) is 0 Å². The van der Waals surface area contributed by atoms with Crippen LogP contribution in [0.5, 0.6) is 5.75 Å². The fourth-order valence-electron chi connectivity index (χ4n) is 7.76. The van der Waals surface area contributed by atoms with Crippen LogP contribution in [0.2, 0.25) is 0 Å². The number of ether oxygens (including phenoxy) is 1. The zero-order chi connectivity index (χ0) is 49.7. The van der Waals surface area contributed by atoms with Crippen LogP contribution in [0.3, 0.4) is 0 Å². The Balaban J connectivity index is 2.27. The third-order valence-corrected chi connectivity index (χ3v) is 12.5. The number of aliphatic hydroxyl groups is 1. The number of amides is 7. The zero-order valence-corrected chi connectivity index (χ0v) is 40.3. The predicted octanol–water partition coefficient (Wildman–Crippen LogP) is 1.34. The Bertz CT molecular complexity index is 1910. The van der Waals surface area contributed by atoms with E-state index in [2.05, 4.69) is 26.6 Å². The van der Waals surface area contributed by atoms with Gasteiger partial charge in [-0.05, 0) is 61.6 Å². The number of phenols is 1. The number of phenolic OH excluding ortho intramolecular Hbond substituents is 1. The van der Waals surface area contributed by atoms with Gasteiger partial charge in [0.1, 0.15) is 60.4 Å². The molecule has 2 aliphatic heterocycles. The number of esters is 1. The standard InChI is InChI=1S/C47H74N8O11/c1-12-26(7)37-47(65)66-29(10)38(53-41(59)32(18-19-35(48)57)49-40(58)25(5)6)44(62)50-33(22-24(3)4)42(60)51-36-28(9)20-21-55(45(36)63)39(27(8)13-2)46(64)54(11)34(43(61)52-37)23-30-14-16-31(56)17-15-30/h14-17,20-21,24-29,32-39,56-57H,12-13,18-19,22-23,48H2,1-11H3,(H,49,58)(H,50,62)(H,51,60)(H,52,61)(H,53,59)/t26?,27?,28-,29-,32+,33+,34+,35?,36+,37+,38+,39+/m1/s1. The molecule has 1 saturated heterocycles. The van der Waals surface area contributed by atoms with Gasteiger partial charge in [-0.2, -0.15) is 0 Å². The minimum absolute atomic E-state index is 0.0196. The zero-order valence-electron chi connectivity index (χ0n) is 40.3. The van der Waals surface area contributed by atoms with Gasteiger partial charge in [0.2, 0.25) is 41.4 Å². The van der Waals surface area contributed by atoms with E-state index in [4.69, 9.17) is 10.5 Å².